The minimum Gasteiger partial charge on any atom is -0.493 e. The number of methoxy groups -OCH3 is 2. The highest BCUT2D eigenvalue weighted by atomic mass is 16.5. The third kappa shape index (κ3) is 3.59. The normalized spacial score (nSPS) is 10.6. The Hall–Kier alpha value is -3.42. The van der Waals surface area contributed by atoms with Gasteiger partial charge in [0.15, 0.2) is 11.5 Å². The van der Waals surface area contributed by atoms with Gasteiger partial charge in [0.05, 0.1) is 38.0 Å². The molecule has 140 valence electrons. The molecule has 0 saturated carbocycles. The molecule has 0 radical (unpaired) electrons. The SMILES string of the molecule is COc1ccc(C(=O)Nc2cnc(-n3c(C)nc(C)c3C)nc2)cc1OC. The van der Waals surface area contributed by atoms with E-state index in [0.29, 0.717) is 28.7 Å². The van der Waals surface area contributed by atoms with Crippen LogP contribution in [0.15, 0.2) is 30.6 Å². The molecule has 8 heteroatoms. The highest BCUT2D eigenvalue weighted by Crippen LogP contribution is 2.27. The molecule has 1 N–H and O–H groups in total. The molecule has 0 atom stereocenters. The zero-order chi connectivity index (χ0) is 19.6. The van der Waals surface area contributed by atoms with E-state index in [1.165, 1.54) is 7.11 Å². The molecule has 0 unspecified atom stereocenters. The summed E-state index contributed by atoms with van der Waals surface area (Å²) in [6.45, 7) is 5.80. The van der Waals surface area contributed by atoms with Crippen LogP contribution in [-0.2, 0) is 0 Å². The topological polar surface area (TPSA) is 91.2 Å². The Labute approximate surface area is 157 Å². The Morgan fingerprint density at radius 2 is 1.70 bits per heavy atom. The molecule has 3 rings (SSSR count). The summed E-state index contributed by atoms with van der Waals surface area (Å²) < 4.78 is 12.3. The Bertz CT molecular complexity index is 980. The molecule has 1 amide bonds. The van der Waals surface area contributed by atoms with Gasteiger partial charge in [-0.3, -0.25) is 9.36 Å². The Kier molecular flexibility index (Phi) is 5.07. The number of nitrogens with zero attached hydrogens (tertiary/aromatic N) is 4. The van der Waals surface area contributed by atoms with Gasteiger partial charge in [-0.05, 0) is 39.0 Å². The van der Waals surface area contributed by atoms with Crippen molar-refractivity contribution in [3.63, 3.8) is 0 Å². The minimum absolute atomic E-state index is 0.293. The van der Waals surface area contributed by atoms with Gasteiger partial charge in [-0.2, -0.15) is 0 Å². The van der Waals surface area contributed by atoms with Gasteiger partial charge in [0.25, 0.3) is 5.91 Å². The fourth-order valence-corrected chi connectivity index (χ4v) is 2.75. The number of carbonyl (C=O) groups excluding carboxylic acids is 1. The lowest BCUT2D eigenvalue weighted by atomic mass is 10.2. The predicted molar refractivity (Wildman–Crippen MR) is 101 cm³/mol. The fourth-order valence-electron chi connectivity index (χ4n) is 2.75. The smallest absolute Gasteiger partial charge is 0.255 e. The van der Waals surface area contributed by atoms with E-state index in [-0.39, 0.29) is 5.91 Å². The van der Waals surface area contributed by atoms with E-state index < -0.39 is 0 Å². The molecule has 0 aliphatic heterocycles. The summed E-state index contributed by atoms with van der Waals surface area (Å²) >= 11 is 0. The van der Waals surface area contributed by atoms with E-state index in [0.717, 1.165) is 17.2 Å². The lowest BCUT2D eigenvalue weighted by molar-refractivity contribution is 0.102. The molecule has 0 spiro atoms. The predicted octanol–water partition coefficient (Wildman–Crippen LogP) is 2.86. The number of rotatable bonds is 5. The van der Waals surface area contributed by atoms with Gasteiger partial charge in [-0.25, -0.2) is 15.0 Å². The van der Waals surface area contributed by atoms with Crippen LogP contribution in [0.5, 0.6) is 11.5 Å². The number of ether oxygens (including phenoxy) is 2. The Balaban J connectivity index is 1.79. The van der Waals surface area contributed by atoms with E-state index in [1.807, 2.05) is 25.3 Å². The summed E-state index contributed by atoms with van der Waals surface area (Å²) in [6.07, 6.45) is 3.13. The minimum atomic E-state index is -0.293. The molecular formula is C19H21N5O3. The standard InChI is InChI=1S/C19H21N5O3/c1-11-12(2)24(13(3)22-11)19-20-9-15(10-21-19)23-18(25)14-6-7-16(26-4)17(8-14)27-5/h6-10H,1-5H3,(H,23,25). The van der Waals surface area contributed by atoms with Crippen LogP contribution in [0.2, 0.25) is 0 Å². The first-order valence-electron chi connectivity index (χ1n) is 8.33. The summed E-state index contributed by atoms with van der Waals surface area (Å²) in [5, 5.41) is 2.77. The van der Waals surface area contributed by atoms with Crippen LogP contribution in [0.25, 0.3) is 5.95 Å². The highest BCUT2D eigenvalue weighted by molar-refractivity contribution is 6.04. The van der Waals surface area contributed by atoms with Gasteiger partial charge in [0.2, 0.25) is 5.95 Å². The van der Waals surface area contributed by atoms with E-state index >= 15 is 0 Å². The van der Waals surface area contributed by atoms with Gasteiger partial charge in [-0.15, -0.1) is 0 Å². The quantitative estimate of drug-likeness (QED) is 0.746. The van der Waals surface area contributed by atoms with Crippen molar-refractivity contribution in [3.05, 3.63) is 53.4 Å². The lowest BCUT2D eigenvalue weighted by Crippen LogP contribution is -2.13. The van der Waals surface area contributed by atoms with Crippen molar-refractivity contribution in [2.75, 3.05) is 19.5 Å². The number of nitrogens with one attached hydrogen (secondary N) is 1. The number of carbonyl (C=O) groups is 1. The second-order valence-electron chi connectivity index (χ2n) is 5.96. The van der Waals surface area contributed by atoms with Crippen LogP contribution in [0.3, 0.4) is 0 Å². The number of aryl methyl sites for hydroxylation is 2. The van der Waals surface area contributed by atoms with Crippen LogP contribution in [0.4, 0.5) is 5.69 Å². The molecule has 8 nitrogen and oxygen atoms in total. The van der Waals surface area contributed by atoms with Crippen molar-refractivity contribution in [1.29, 1.82) is 0 Å². The van der Waals surface area contributed by atoms with Crippen LogP contribution in [0.1, 0.15) is 27.6 Å². The molecule has 0 bridgehead atoms. The molecule has 3 aromatic rings. The third-order valence-corrected chi connectivity index (χ3v) is 4.25. The Morgan fingerprint density at radius 1 is 1.04 bits per heavy atom. The van der Waals surface area contributed by atoms with Gasteiger partial charge < -0.3 is 14.8 Å². The zero-order valence-corrected chi connectivity index (χ0v) is 15.9. The Morgan fingerprint density at radius 3 is 2.26 bits per heavy atom. The van der Waals surface area contributed by atoms with Crippen LogP contribution < -0.4 is 14.8 Å². The van der Waals surface area contributed by atoms with Gasteiger partial charge >= 0.3 is 0 Å². The summed E-state index contributed by atoms with van der Waals surface area (Å²) in [5.74, 6) is 2.07. The van der Waals surface area contributed by atoms with Crippen molar-refractivity contribution in [2.45, 2.75) is 20.8 Å². The van der Waals surface area contributed by atoms with Crippen molar-refractivity contribution in [2.24, 2.45) is 0 Å². The number of hydrogen-bond acceptors (Lipinski definition) is 6. The number of aromatic nitrogens is 4. The lowest BCUT2D eigenvalue weighted by Gasteiger charge is -2.10. The largest absolute Gasteiger partial charge is 0.493 e. The molecule has 0 aliphatic rings. The molecule has 27 heavy (non-hydrogen) atoms. The van der Waals surface area contributed by atoms with E-state index in [4.69, 9.17) is 9.47 Å². The number of imidazole rings is 1. The molecule has 2 aromatic heterocycles. The maximum Gasteiger partial charge on any atom is 0.255 e. The summed E-state index contributed by atoms with van der Waals surface area (Å²) in [4.78, 5) is 25.6. The highest BCUT2D eigenvalue weighted by Gasteiger charge is 2.13. The number of hydrogen-bond donors (Lipinski definition) is 1. The summed E-state index contributed by atoms with van der Waals surface area (Å²) in [7, 11) is 3.07. The van der Waals surface area contributed by atoms with Crippen molar-refractivity contribution >= 4 is 11.6 Å². The monoisotopic (exact) mass is 367 g/mol. The van der Waals surface area contributed by atoms with Crippen molar-refractivity contribution in [3.8, 4) is 17.4 Å². The van der Waals surface area contributed by atoms with Gasteiger partial charge in [0, 0.05) is 11.3 Å². The molecule has 1 aromatic carbocycles. The molecule has 2 heterocycles. The van der Waals surface area contributed by atoms with E-state index in [2.05, 4.69) is 20.3 Å². The van der Waals surface area contributed by atoms with Crippen LogP contribution in [0, 0.1) is 20.8 Å². The summed E-state index contributed by atoms with van der Waals surface area (Å²) in [6, 6.07) is 4.96. The average molecular weight is 367 g/mol. The van der Waals surface area contributed by atoms with E-state index in [9.17, 15) is 4.79 Å². The third-order valence-electron chi connectivity index (χ3n) is 4.25. The maximum atomic E-state index is 12.5. The second-order valence-corrected chi connectivity index (χ2v) is 5.96. The van der Waals surface area contributed by atoms with E-state index in [1.54, 1.807) is 37.7 Å². The van der Waals surface area contributed by atoms with Gasteiger partial charge in [0.1, 0.15) is 5.82 Å². The summed E-state index contributed by atoms with van der Waals surface area (Å²) in [5.41, 5.74) is 2.84. The molecule has 0 saturated heterocycles. The number of benzene rings is 1. The number of amides is 1. The second kappa shape index (κ2) is 7.45. The first-order valence-corrected chi connectivity index (χ1v) is 8.33. The number of anilines is 1. The average Bonchev–Trinajstić information content (AvgIpc) is 2.93. The molecular weight excluding hydrogens is 346 g/mol. The zero-order valence-electron chi connectivity index (χ0n) is 15.9. The van der Waals surface area contributed by atoms with Crippen LogP contribution >= 0.6 is 0 Å². The maximum absolute atomic E-state index is 12.5. The molecule has 0 fully saturated rings. The van der Waals surface area contributed by atoms with Crippen LogP contribution in [-0.4, -0.2) is 39.6 Å². The molecule has 0 aliphatic carbocycles. The van der Waals surface area contributed by atoms with Gasteiger partial charge in [-0.1, -0.05) is 0 Å². The van der Waals surface area contributed by atoms with Crippen molar-refractivity contribution < 1.29 is 14.3 Å². The van der Waals surface area contributed by atoms with Crippen molar-refractivity contribution in [1.82, 2.24) is 19.5 Å². The first-order chi connectivity index (χ1) is 12.9. The first kappa shape index (κ1) is 18.4. The fraction of sp³-hybridized carbons (Fsp3) is 0.263.